The van der Waals surface area contributed by atoms with Crippen molar-refractivity contribution in [3.63, 3.8) is 0 Å². The lowest BCUT2D eigenvalue weighted by Crippen LogP contribution is -2.24. The van der Waals surface area contributed by atoms with E-state index in [-0.39, 0.29) is 6.04 Å². The number of hydrogen-bond donors (Lipinski definition) is 1. The van der Waals surface area contributed by atoms with Crippen LogP contribution in [0.5, 0.6) is 0 Å². The number of rotatable bonds is 6. The third-order valence-electron chi connectivity index (χ3n) is 2.88. The summed E-state index contributed by atoms with van der Waals surface area (Å²) in [6.07, 6.45) is 2.88. The average Bonchev–Trinajstić information content (AvgIpc) is 2.94. The van der Waals surface area contributed by atoms with E-state index in [0.29, 0.717) is 4.34 Å². The highest BCUT2D eigenvalue weighted by molar-refractivity contribution is 7.20. The molecule has 1 unspecified atom stereocenters. The van der Waals surface area contributed by atoms with E-state index >= 15 is 0 Å². The van der Waals surface area contributed by atoms with E-state index in [2.05, 4.69) is 24.3 Å². The molecule has 104 valence electrons. The zero-order chi connectivity index (χ0) is 13.8. The largest absolute Gasteiger partial charge is 0.305 e. The highest BCUT2D eigenvalue weighted by Gasteiger charge is 2.21. The predicted molar refractivity (Wildman–Crippen MR) is 82.4 cm³/mol. The van der Waals surface area contributed by atoms with E-state index in [4.69, 9.17) is 23.2 Å². The second kappa shape index (κ2) is 6.75. The van der Waals surface area contributed by atoms with Gasteiger partial charge in [0.1, 0.15) is 0 Å². The molecular weight excluding hydrogens is 301 g/mol. The van der Waals surface area contributed by atoms with E-state index < -0.39 is 0 Å². The predicted octanol–water partition coefficient (Wildman–Crippen LogP) is 4.36. The minimum absolute atomic E-state index is 0.0373. The molecular formula is C13H17Cl2N3S. The highest BCUT2D eigenvalue weighted by atomic mass is 35.5. The molecule has 0 amide bonds. The molecule has 0 aliphatic heterocycles. The van der Waals surface area contributed by atoms with Gasteiger partial charge in [-0.25, -0.2) is 0 Å². The zero-order valence-electron chi connectivity index (χ0n) is 11.0. The van der Waals surface area contributed by atoms with Crippen molar-refractivity contribution in [2.24, 2.45) is 0 Å². The van der Waals surface area contributed by atoms with Crippen molar-refractivity contribution in [1.82, 2.24) is 15.1 Å². The van der Waals surface area contributed by atoms with Crippen molar-refractivity contribution in [2.75, 3.05) is 6.54 Å². The Morgan fingerprint density at radius 2 is 2.21 bits per heavy atom. The van der Waals surface area contributed by atoms with Gasteiger partial charge in [0.15, 0.2) is 0 Å². The molecule has 0 aliphatic rings. The van der Waals surface area contributed by atoms with E-state index in [1.54, 1.807) is 0 Å². The maximum absolute atomic E-state index is 6.29. The molecule has 19 heavy (non-hydrogen) atoms. The van der Waals surface area contributed by atoms with Crippen LogP contribution in [0.15, 0.2) is 18.3 Å². The Hall–Kier alpha value is -0.550. The maximum atomic E-state index is 6.29. The number of halogens is 2. The van der Waals surface area contributed by atoms with Gasteiger partial charge in [0.25, 0.3) is 0 Å². The molecule has 0 fully saturated rings. The molecule has 1 atom stereocenters. The summed E-state index contributed by atoms with van der Waals surface area (Å²) in [4.78, 5) is 0. The van der Waals surface area contributed by atoms with Gasteiger partial charge in [-0.05, 0) is 25.1 Å². The first kappa shape index (κ1) is 14.9. The van der Waals surface area contributed by atoms with Crippen molar-refractivity contribution in [1.29, 1.82) is 0 Å². The second-order valence-electron chi connectivity index (χ2n) is 4.25. The lowest BCUT2D eigenvalue weighted by atomic mass is 10.1. The molecule has 0 saturated heterocycles. The van der Waals surface area contributed by atoms with Crippen LogP contribution in [-0.4, -0.2) is 16.3 Å². The fourth-order valence-corrected chi connectivity index (χ4v) is 3.65. The Labute approximate surface area is 127 Å². The van der Waals surface area contributed by atoms with Gasteiger partial charge in [-0.3, -0.25) is 4.68 Å². The summed E-state index contributed by atoms with van der Waals surface area (Å²) in [5.41, 5.74) is 2.15. The standard InChI is InChI=1S/C13H17Cl2N3S/c1-3-7-18-10(5-6-17-18)12(16-4-2)9-8-11(14)19-13(9)15/h5-6,8,12,16H,3-4,7H2,1-2H3. The summed E-state index contributed by atoms with van der Waals surface area (Å²) in [6, 6.07) is 4.01. The van der Waals surface area contributed by atoms with Crippen LogP contribution in [-0.2, 0) is 6.54 Å². The maximum Gasteiger partial charge on any atom is 0.0996 e. The monoisotopic (exact) mass is 317 g/mol. The average molecular weight is 318 g/mol. The number of thiophene rings is 1. The van der Waals surface area contributed by atoms with Crippen molar-refractivity contribution in [3.05, 3.63) is 38.3 Å². The van der Waals surface area contributed by atoms with Gasteiger partial charge in [0, 0.05) is 18.3 Å². The van der Waals surface area contributed by atoms with Crippen LogP contribution >= 0.6 is 34.5 Å². The number of aromatic nitrogens is 2. The number of nitrogens with zero attached hydrogens (tertiary/aromatic N) is 2. The third kappa shape index (κ3) is 3.31. The van der Waals surface area contributed by atoms with Gasteiger partial charge in [-0.1, -0.05) is 37.0 Å². The molecule has 0 radical (unpaired) electrons. The molecule has 3 nitrogen and oxygen atoms in total. The summed E-state index contributed by atoms with van der Waals surface area (Å²) >= 11 is 13.7. The van der Waals surface area contributed by atoms with Crippen LogP contribution in [0, 0.1) is 0 Å². The Bertz CT molecular complexity index is 536. The minimum Gasteiger partial charge on any atom is -0.305 e. The fraction of sp³-hybridized carbons (Fsp3) is 0.462. The lowest BCUT2D eigenvalue weighted by Gasteiger charge is -2.19. The first-order valence-corrected chi connectivity index (χ1v) is 7.94. The Morgan fingerprint density at radius 3 is 2.79 bits per heavy atom. The van der Waals surface area contributed by atoms with E-state index in [1.807, 2.05) is 23.0 Å². The molecule has 2 heterocycles. The third-order valence-corrected chi connectivity index (χ3v) is 4.40. The number of hydrogen-bond acceptors (Lipinski definition) is 3. The van der Waals surface area contributed by atoms with Crippen molar-refractivity contribution in [3.8, 4) is 0 Å². The topological polar surface area (TPSA) is 29.9 Å². The Kier molecular flexibility index (Phi) is 5.28. The molecule has 0 aliphatic carbocycles. The molecule has 0 bridgehead atoms. The quantitative estimate of drug-likeness (QED) is 0.857. The van der Waals surface area contributed by atoms with Gasteiger partial charge in [-0.15, -0.1) is 11.3 Å². The Morgan fingerprint density at radius 1 is 1.42 bits per heavy atom. The highest BCUT2D eigenvalue weighted by Crippen LogP contribution is 2.37. The molecule has 0 aromatic carbocycles. The molecule has 2 aromatic heterocycles. The molecule has 0 saturated carbocycles. The van der Waals surface area contributed by atoms with Gasteiger partial charge in [0.2, 0.25) is 0 Å². The van der Waals surface area contributed by atoms with Crippen molar-refractivity contribution >= 4 is 34.5 Å². The zero-order valence-corrected chi connectivity index (χ0v) is 13.3. The smallest absolute Gasteiger partial charge is 0.0996 e. The van der Waals surface area contributed by atoms with Crippen LogP contribution in [0.3, 0.4) is 0 Å². The summed E-state index contributed by atoms with van der Waals surface area (Å²) < 4.78 is 3.47. The van der Waals surface area contributed by atoms with E-state index in [0.717, 1.165) is 35.1 Å². The number of nitrogens with one attached hydrogen (secondary N) is 1. The normalized spacial score (nSPS) is 12.8. The van der Waals surface area contributed by atoms with E-state index in [9.17, 15) is 0 Å². The minimum atomic E-state index is 0.0373. The van der Waals surface area contributed by atoms with Crippen LogP contribution in [0.25, 0.3) is 0 Å². The van der Waals surface area contributed by atoms with Crippen LogP contribution in [0.4, 0.5) is 0 Å². The summed E-state index contributed by atoms with van der Waals surface area (Å²) in [6.45, 7) is 5.98. The molecule has 2 aromatic rings. The Balaban J connectivity index is 2.39. The van der Waals surface area contributed by atoms with Gasteiger partial charge in [-0.2, -0.15) is 5.10 Å². The molecule has 0 spiro atoms. The lowest BCUT2D eigenvalue weighted by molar-refractivity contribution is 0.521. The molecule has 1 N–H and O–H groups in total. The van der Waals surface area contributed by atoms with Crippen molar-refractivity contribution in [2.45, 2.75) is 32.9 Å². The van der Waals surface area contributed by atoms with E-state index in [1.165, 1.54) is 11.3 Å². The van der Waals surface area contributed by atoms with Gasteiger partial charge < -0.3 is 5.32 Å². The number of aryl methyl sites for hydroxylation is 1. The van der Waals surface area contributed by atoms with Crippen LogP contribution < -0.4 is 5.32 Å². The summed E-state index contributed by atoms with van der Waals surface area (Å²) in [7, 11) is 0. The van der Waals surface area contributed by atoms with Gasteiger partial charge >= 0.3 is 0 Å². The second-order valence-corrected chi connectivity index (χ2v) is 6.54. The summed E-state index contributed by atoms with van der Waals surface area (Å²) in [5, 5.41) is 7.83. The van der Waals surface area contributed by atoms with Crippen LogP contribution in [0.1, 0.15) is 37.6 Å². The first-order chi connectivity index (χ1) is 9.17. The van der Waals surface area contributed by atoms with Gasteiger partial charge in [0.05, 0.1) is 20.4 Å². The molecule has 6 heteroatoms. The fourth-order valence-electron chi connectivity index (χ4n) is 2.11. The molecule has 2 rings (SSSR count). The van der Waals surface area contributed by atoms with Crippen molar-refractivity contribution < 1.29 is 0 Å². The van der Waals surface area contributed by atoms with Crippen LogP contribution in [0.2, 0.25) is 8.67 Å². The SMILES string of the molecule is CCCn1nccc1C(NCC)c1cc(Cl)sc1Cl. The first-order valence-electron chi connectivity index (χ1n) is 6.37. The summed E-state index contributed by atoms with van der Waals surface area (Å²) in [5.74, 6) is 0.